The third-order valence-corrected chi connectivity index (χ3v) is 2.63. The van der Waals surface area contributed by atoms with E-state index in [1.54, 1.807) is 0 Å². The Morgan fingerprint density at radius 2 is 2.06 bits per heavy atom. The average Bonchev–Trinajstić information content (AvgIpc) is 2.14. The number of halogens is 3. The number of sulfonamides is 1. The Balaban J connectivity index is 3.60. The fourth-order valence-corrected chi connectivity index (χ4v) is 1.80. The van der Waals surface area contributed by atoms with Crippen LogP contribution in [0.1, 0.15) is 12.1 Å². The average molecular weight is 256 g/mol. The molecule has 9 heteroatoms. The molecule has 0 amide bonds. The van der Waals surface area contributed by atoms with Crippen molar-refractivity contribution in [2.75, 3.05) is 7.11 Å². The minimum absolute atomic E-state index is 0.524. The van der Waals surface area contributed by atoms with Crippen molar-refractivity contribution in [1.82, 2.24) is 4.98 Å². The van der Waals surface area contributed by atoms with Gasteiger partial charge < -0.3 is 4.74 Å². The highest BCUT2D eigenvalue weighted by Gasteiger charge is 2.27. The van der Waals surface area contributed by atoms with Gasteiger partial charge in [-0.2, -0.15) is 0 Å². The number of alkyl halides is 2. The summed E-state index contributed by atoms with van der Waals surface area (Å²) in [5, 5.41) is 4.68. The highest BCUT2D eigenvalue weighted by Crippen LogP contribution is 2.30. The lowest BCUT2D eigenvalue weighted by Crippen LogP contribution is -2.17. The Kier molecular flexibility index (Phi) is 3.38. The smallest absolute Gasteiger partial charge is 0.283 e. The number of hydrogen-bond acceptors (Lipinski definition) is 4. The maximum atomic E-state index is 13.4. The van der Waals surface area contributed by atoms with Crippen molar-refractivity contribution in [1.29, 1.82) is 0 Å². The summed E-state index contributed by atoms with van der Waals surface area (Å²) in [4.78, 5) is 1.93. The van der Waals surface area contributed by atoms with Gasteiger partial charge in [-0.3, -0.25) is 0 Å². The third-order valence-electron chi connectivity index (χ3n) is 1.68. The Bertz CT molecular complexity index is 504. The molecule has 0 aliphatic carbocycles. The van der Waals surface area contributed by atoms with Crippen LogP contribution in [0, 0.1) is 5.82 Å². The fourth-order valence-electron chi connectivity index (χ4n) is 1.03. The summed E-state index contributed by atoms with van der Waals surface area (Å²) in [7, 11) is -3.47. The fraction of sp³-hybridized carbons (Fsp3) is 0.286. The first kappa shape index (κ1) is 12.7. The van der Waals surface area contributed by atoms with Crippen LogP contribution < -0.4 is 9.88 Å². The van der Waals surface area contributed by atoms with Crippen LogP contribution in [0.2, 0.25) is 0 Å². The first-order valence-corrected chi connectivity index (χ1v) is 5.37. The lowest BCUT2D eigenvalue weighted by atomic mass is 10.3. The molecule has 0 aromatic carbocycles. The maximum Gasteiger partial charge on any atom is 0.283 e. The molecule has 0 radical (unpaired) electrons. The summed E-state index contributed by atoms with van der Waals surface area (Å²) in [6.45, 7) is 0. The van der Waals surface area contributed by atoms with Gasteiger partial charge in [0.15, 0.2) is 16.5 Å². The van der Waals surface area contributed by atoms with Gasteiger partial charge in [-0.1, -0.05) is 0 Å². The van der Waals surface area contributed by atoms with Crippen molar-refractivity contribution in [3.8, 4) is 5.75 Å². The third kappa shape index (κ3) is 2.25. The van der Waals surface area contributed by atoms with Gasteiger partial charge >= 0.3 is 0 Å². The van der Waals surface area contributed by atoms with E-state index in [9.17, 15) is 21.6 Å². The molecule has 5 nitrogen and oxygen atoms in total. The Hall–Kier alpha value is -1.35. The number of nitrogens with zero attached hydrogens (tertiary/aromatic N) is 1. The Labute approximate surface area is 89.1 Å². The molecule has 0 unspecified atom stereocenters. The van der Waals surface area contributed by atoms with Gasteiger partial charge in [0.25, 0.3) is 6.43 Å². The second-order valence-electron chi connectivity index (χ2n) is 2.70. The van der Waals surface area contributed by atoms with Crippen LogP contribution in [0.3, 0.4) is 0 Å². The molecule has 0 aliphatic rings. The molecule has 1 aromatic rings. The normalized spacial score (nSPS) is 11.9. The summed E-state index contributed by atoms with van der Waals surface area (Å²) in [6.07, 6.45) is -2.57. The van der Waals surface area contributed by atoms with Crippen LogP contribution in [0.5, 0.6) is 5.75 Å². The number of hydrogen-bond donors (Lipinski definition) is 1. The monoisotopic (exact) mass is 256 g/mol. The van der Waals surface area contributed by atoms with Gasteiger partial charge in [0.2, 0.25) is 10.0 Å². The molecular weight excluding hydrogens is 249 g/mol. The van der Waals surface area contributed by atoms with Crippen LogP contribution in [-0.4, -0.2) is 20.5 Å². The molecule has 1 heterocycles. The topological polar surface area (TPSA) is 82.3 Å². The molecule has 2 N–H and O–H groups in total. The van der Waals surface area contributed by atoms with Crippen LogP contribution in [-0.2, 0) is 10.0 Å². The standard InChI is InChI=1S/C7H7F3N2O3S/c1-15-3-2-12-5(7(9)10)4(8)6(3)16(11,13)14/h2,7H,1H3,(H2,11,13,14). The molecule has 1 aromatic heterocycles. The Morgan fingerprint density at radius 1 is 1.50 bits per heavy atom. The number of pyridine rings is 1. The molecule has 0 saturated carbocycles. The molecule has 0 atom stereocenters. The van der Waals surface area contributed by atoms with Crippen LogP contribution in [0.15, 0.2) is 11.1 Å². The molecular formula is C7H7F3N2O3S. The molecule has 16 heavy (non-hydrogen) atoms. The highest BCUT2D eigenvalue weighted by molar-refractivity contribution is 7.89. The van der Waals surface area contributed by atoms with E-state index in [1.165, 1.54) is 0 Å². The van der Waals surface area contributed by atoms with Gasteiger partial charge in [-0.15, -0.1) is 0 Å². The molecule has 0 aliphatic heterocycles. The van der Waals surface area contributed by atoms with E-state index in [0.717, 1.165) is 7.11 Å². The van der Waals surface area contributed by atoms with E-state index in [4.69, 9.17) is 0 Å². The minimum Gasteiger partial charge on any atom is -0.494 e. The highest BCUT2D eigenvalue weighted by atomic mass is 32.2. The molecule has 0 fully saturated rings. The van der Waals surface area contributed by atoms with Crippen molar-refractivity contribution < 1.29 is 26.3 Å². The predicted octanol–water partition coefficient (Wildman–Crippen LogP) is 0.814. The first-order chi connectivity index (χ1) is 7.29. The van der Waals surface area contributed by atoms with E-state index in [1.807, 2.05) is 0 Å². The SMILES string of the molecule is COc1cnc(C(F)F)c(F)c1S(N)(=O)=O. The number of methoxy groups -OCH3 is 1. The zero-order valence-electron chi connectivity index (χ0n) is 7.95. The number of nitrogens with two attached hydrogens (primary N) is 1. The second-order valence-corrected chi connectivity index (χ2v) is 4.20. The van der Waals surface area contributed by atoms with Crippen molar-refractivity contribution in [2.24, 2.45) is 5.14 Å². The number of primary sulfonamides is 1. The minimum atomic E-state index is -4.51. The van der Waals surface area contributed by atoms with Crippen molar-refractivity contribution in [2.45, 2.75) is 11.3 Å². The number of ether oxygens (including phenoxy) is 1. The van der Waals surface area contributed by atoms with E-state index < -0.39 is 38.6 Å². The van der Waals surface area contributed by atoms with Crippen molar-refractivity contribution in [3.63, 3.8) is 0 Å². The maximum absolute atomic E-state index is 13.4. The van der Waals surface area contributed by atoms with Crippen LogP contribution in [0.4, 0.5) is 13.2 Å². The summed E-state index contributed by atoms with van der Waals surface area (Å²) >= 11 is 0. The quantitative estimate of drug-likeness (QED) is 0.867. The second kappa shape index (κ2) is 4.26. The predicted molar refractivity (Wildman–Crippen MR) is 47.1 cm³/mol. The van der Waals surface area contributed by atoms with Gasteiger partial charge in [-0.05, 0) is 0 Å². The van der Waals surface area contributed by atoms with E-state index in [0.29, 0.717) is 6.20 Å². The van der Waals surface area contributed by atoms with E-state index in [-0.39, 0.29) is 0 Å². The molecule has 0 bridgehead atoms. The summed E-state index contributed by atoms with van der Waals surface area (Å²) < 4.78 is 64.4. The summed E-state index contributed by atoms with van der Waals surface area (Å²) in [5.74, 6) is -2.22. The lowest BCUT2D eigenvalue weighted by molar-refractivity contribution is 0.139. The van der Waals surface area contributed by atoms with Crippen molar-refractivity contribution in [3.05, 3.63) is 17.7 Å². The van der Waals surface area contributed by atoms with E-state index in [2.05, 4.69) is 14.9 Å². The summed E-state index contributed by atoms with van der Waals surface area (Å²) in [5.41, 5.74) is -1.29. The molecule has 90 valence electrons. The molecule has 0 spiro atoms. The zero-order chi connectivity index (χ0) is 12.5. The lowest BCUT2D eigenvalue weighted by Gasteiger charge is -2.09. The first-order valence-electron chi connectivity index (χ1n) is 3.82. The summed E-state index contributed by atoms with van der Waals surface area (Å²) in [6, 6.07) is 0. The van der Waals surface area contributed by atoms with Crippen molar-refractivity contribution >= 4 is 10.0 Å². The molecule has 0 saturated heterocycles. The molecule has 1 rings (SSSR count). The number of rotatable bonds is 3. The van der Waals surface area contributed by atoms with Gasteiger partial charge in [0.1, 0.15) is 5.69 Å². The van der Waals surface area contributed by atoms with Gasteiger partial charge in [-0.25, -0.2) is 31.7 Å². The largest absolute Gasteiger partial charge is 0.494 e. The van der Waals surface area contributed by atoms with Gasteiger partial charge in [0.05, 0.1) is 13.3 Å². The van der Waals surface area contributed by atoms with Crippen LogP contribution >= 0.6 is 0 Å². The van der Waals surface area contributed by atoms with E-state index >= 15 is 0 Å². The van der Waals surface area contributed by atoms with Crippen LogP contribution in [0.25, 0.3) is 0 Å². The number of aromatic nitrogens is 1. The zero-order valence-corrected chi connectivity index (χ0v) is 8.76. The Morgan fingerprint density at radius 3 is 2.44 bits per heavy atom. The van der Waals surface area contributed by atoms with Gasteiger partial charge in [0, 0.05) is 0 Å².